The molecule has 0 saturated carbocycles. The predicted octanol–water partition coefficient (Wildman–Crippen LogP) is 4.40. The largest absolute Gasteiger partial charge is 0.465 e. The Hall–Kier alpha value is -3.16. The van der Waals surface area contributed by atoms with E-state index in [1.54, 1.807) is 24.5 Å². The van der Waals surface area contributed by atoms with Gasteiger partial charge in [-0.1, -0.05) is 23.2 Å². The van der Waals surface area contributed by atoms with Crippen molar-refractivity contribution in [3.8, 4) is 0 Å². The van der Waals surface area contributed by atoms with Gasteiger partial charge in [0.25, 0.3) is 5.91 Å². The predicted molar refractivity (Wildman–Crippen MR) is 108 cm³/mol. The van der Waals surface area contributed by atoms with E-state index in [0.29, 0.717) is 21.5 Å². The zero-order valence-corrected chi connectivity index (χ0v) is 16.5. The van der Waals surface area contributed by atoms with Crippen molar-refractivity contribution in [1.29, 1.82) is 0 Å². The molecule has 0 radical (unpaired) electrons. The van der Waals surface area contributed by atoms with Crippen LogP contribution in [0.1, 0.15) is 26.5 Å². The first-order chi connectivity index (χ1) is 14.0. The Labute approximate surface area is 174 Å². The van der Waals surface area contributed by atoms with Gasteiger partial charge < -0.3 is 14.5 Å². The molecule has 3 heterocycles. The second-order valence-electron chi connectivity index (χ2n) is 6.11. The van der Waals surface area contributed by atoms with Crippen LogP contribution in [0.2, 0.25) is 10.0 Å². The molecule has 146 valence electrons. The summed E-state index contributed by atoms with van der Waals surface area (Å²) in [5.41, 5.74) is 1.25. The number of nitrogens with one attached hydrogen (secondary N) is 1. The number of carbonyl (C=O) groups excluding carboxylic acids is 2. The van der Waals surface area contributed by atoms with Gasteiger partial charge in [-0.3, -0.25) is 14.8 Å². The van der Waals surface area contributed by atoms with E-state index in [4.69, 9.17) is 32.4 Å². The lowest BCUT2D eigenvalue weighted by molar-refractivity contribution is 0.0601. The molecule has 3 aromatic heterocycles. The van der Waals surface area contributed by atoms with E-state index in [9.17, 15) is 9.59 Å². The number of fused-ring (bicyclic) bond motifs is 2. The molecule has 4 aromatic rings. The molecule has 4 rings (SSSR count). The molecule has 0 atom stereocenters. The number of pyridine rings is 2. The van der Waals surface area contributed by atoms with Crippen molar-refractivity contribution in [3.05, 3.63) is 69.8 Å². The Bertz CT molecular complexity index is 1260. The van der Waals surface area contributed by atoms with Crippen molar-refractivity contribution >= 4 is 57.0 Å². The van der Waals surface area contributed by atoms with Crippen LogP contribution in [0.3, 0.4) is 0 Å². The average molecular weight is 430 g/mol. The lowest BCUT2D eigenvalue weighted by Crippen LogP contribution is -2.23. The number of aromatic nitrogens is 2. The van der Waals surface area contributed by atoms with Gasteiger partial charge in [0.2, 0.25) is 0 Å². The zero-order chi connectivity index (χ0) is 20.5. The normalized spacial score (nSPS) is 11.0. The van der Waals surface area contributed by atoms with E-state index in [0.717, 1.165) is 5.39 Å². The highest BCUT2D eigenvalue weighted by Crippen LogP contribution is 2.35. The van der Waals surface area contributed by atoms with Gasteiger partial charge in [-0.2, -0.15) is 0 Å². The number of nitrogens with zero attached hydrogens (tertiary/aromatic N) is 2. The standard InChI is InChI=1S/C20H13Cl2N3O4/c1-28-20(27)13-6-11(21)5-12-16(22)15(29-18(12)13)9-25-19(26)14-8-23-7-10-3-2-4-24-17(10)14/h2-8H,9H2,1H3,(H,25,26). The quantitative estimate of drug-likeness (QED) is 0.483. The summed E-state index contributed by atoms with van der Waals surface area (Å²) in [4.78, 5) is 33.0. The fourth-order valence-corrected chi connectivity index (χ4v) is 3.45. The maximum absolute atomic E-state index is 12.7. The van der Waals surface area contributed by atoms with Crippen LogP contribution in [0, 0.1) is 0 Å². The van der Waals surface area contributed by atoms with Gasteiger partial charge in [0.1, 0.15) is 11.3 Å². The molecule has 0 spiro atoms. The number of ether oxygens (including phenoxy) is 1. The summed E-state index contributed by atoms with van der Waals surface area (Å²) in [5.74, 6) is -0.709. The zero-order valence-electron chi connectivity index (χ0n) is 15.0. The third-order valence-corrected chi connectivity index (χ3v) is 4.96. The fraction of sp³-hybridized carbons (Fsp3) is 0.100. The number of halogens is 2. The molecule has 1 amide bonds. The Morgan fingerprint density at radius 3 is 2.83 bits per heavy atom. The molecular weight excluding hydrogens is 417 g/mol. The van der Waals surface area contributed by atoms with Crippen LogP contribution in [0.15, 0.2) is 47.3 Å². The lowest BCUT2D eigenvalue weighted by Gasteiger charge is -2.06. The minimum absolute atomic E-state index is 0.00615. The molecule has 7 nitrogen and oxygen atoms in total. The maximum Gasteiger partial charge on any atom is 0.341 e. The summed E-state index contributed by atoms with van der Waals surface area (Å²) in [5, 5.41) is 4.51. The summed E-state index contributed by atoms with van der Waals surface area (Å²) in [6, 6.07) is 6.61. The topological polar surface area (TPSA) is 94.3 Å². The number of amides is 1. The summed E-state index contributed by atoms with van der Waals surface area (Å²) < 4.78 is 10.5. The highest BCUT2D eigenvalue weighted by atomic mass is 35.5. The van der Waals surface area contributed by atoms with Gasteiger partial charge >= 0.3 is 5.97 Å². The summed E-state index contributed by atoms with van der Waals surface area (Å²) in [7, 11) is 1.26. The minimum Gasteiger partial charge on any atom is -0.465 e. The minimum atomic E-state index is -0.605. The van der Waals surface area contributed by atoms with Crippen LogP contribution in [0.4, 0.5) is 0 Å². The van der Waals surface area contributed by atoms with E-state index in [1.165, 1.54) is 19.4 Å². The van der Waals surface area contributed by atoms with Crippen molar-refractivity contribution in [3.63, 3.8) is 0 Å². The van der Waals surface area contributed by atoms with Gasteiger partial charge in [0.05, 0.1) is 29.8 Å². The van der Waals surface area contributed by atoms with Crippen molar-refractivity contribution in [2.45, 2.75) is 6.54 Å². The molecule has 0 fully saturated rings. The number of esters is 1. The summed E-state index contributed by atoms with van der Waals surface area (Å²) in [6.07, 6.45) is 4.68. The monoisotopic (exact) mass is 429 g/mol. The Morgan fingerprint density at radius 2 is 2.03 bits per heavy atom. The van der Waals surface area contributed by atoms with Gasteiger partial charge in [-0.25, -0.2) is 4.79 Å². The van der Waals surface area contributed by atoms with E-state index in [-0.39, 0.29) is 34.4 Å². The van der Waals surface area contributed by atoms with Crippen LogP contribution < -0.4 is 5.32 Å². The molecule has 0 unspecified atom stereocenters. The highest BCUT2D eigenvalue weighted by molar-refractivity contribution is 6.38. The average Bonchev–Trinajstić information content (AvgIpc) is 3.06. The van der Waals surface area contributed by atoms with E-state index in [2.05, 4.69) is 15.3 Å². The first-order valence-electron chi connectivity index (χ1n) is 8.45. The third kappa shape index (κ3) is 3.50. The maximum atomic E-state index is 12.7. The molecule has 0 aliphatic carbocycles. The Balaban J connectivity index is 1.65. The molecule has 29 heavy (non-hydrogen) atoms. The fourth-order valence-electron chi connectivity index (χ4n) is 2.98. The Kier molecular flexibility index (Phi) is 5.08. The van der Waals surface area contributed by atoms with E-state index < -0.39 is 5.97 Å². The number of methoxy groups -OCH3 is 1. The second-order valence-corrected chi connectivity index (χ2v) is 6.92. The third-order valence-electron chi connectivity index (χ3n) is 4.33. The molecule has 0 aliphatic rings. The highest BCUT2D eigenvalue weighted by Gasteiger charge is 2.21. The molecule has 0 aliphatic heterocycles. The van der Waals surface area contributed by atoms with Crippen LogP contribution in [0.25, 0.3) is 21.9 Å². The first-order valence-corrected chi connectivity index (χ1v) is 9.21. The second kappa shape index (κ2) is 7.69. The molecule has 0 saturated heterocycles. The number of furan rings is 1. The van der Waals surface area contributed by atoms with Crippen LogP contribution in [-0.4, -0.2) is 29.0 Å². The van der Waals surface area contributed by atoms with Gasteiger partial charge in [-0.15, -0.1) is 0 Å². The van der Waals surface area contributed by atoms with Gasteiger partial charge in [0.15, 0.2) is 5.58 Å². The number of hydrogen-bond donors (Lipinski definition) is 1. The summed E-state index contributed by atoms with van der Waals surface area (Å²) in [6.45, 7) is -0.00615. The van der Waals surface area contributed by atoms with Crippen molar-refractivity contribution in [2.24, 2.45) is 0 Å². The number of rotatable bonds is 4. The van der Waals surface area contributed by atoms with Crippen LogP contribution in [-0.2, 0) is 11.3 Å². The number of hydrogen-bond acceptors (Lipinski definition) is 6. The molecular formula is C20H13Cl2N3O4. The van der Waals surface area contributed by atoms with Gasteiger partial charge in [0, 0.05) is 34.4 Å². The van der Waals surface area contributed by atoms with Crippen molar-refractivity contribution in [2.75, 3.05) is 7.11 Å². The van der Waals surface area contributed by atoms with Crippen molar-refractivity contribution in [1.82, 2.24) is 15.3 Å². The van der Waals surface area contributed by atoms with Crippen LogP contribution in [0.5, 0.6) is 0 Å². The van der Waals surface area contributed by atoms with Gasteiger partial charge in [-0.05, 0) is 24.3 Å². The molecule has 1 N–H and O–H groups in total. The number of benzene rings is 1. The summed E-state index contributed by atoms with van der Waals surface area (Å²) >= 11 is 12.5. The lowest BCUT2D eigenvalue weighted by atomic mass is 10.1. The van der Waals surface area contributed by atoms with Crippen LogP contribution >= 0.6 is 23.2 Å². The number of carbonyl (C=O) groups is 2. The Morgan fingerprint density at radius 1 is 1.21 bits per heavy atom. The SMILES string of the molecule is COC(=O)c1cc(Cl)cc2c(Cl)c(CNC(=O)c3cncc4cccnc34)oc12. The smallest absolute Gasteiger partial charge is 0.341 e. The van der Waals surface area contributed by atoms with E-state index in [1.807, 2.05) is 6.07 Å². The van der Waals surface area contributed by atoms with Crippen molar-refractivity contribution < 1.29 is 18.7 Å². The molecule has 1 aromatic carbocycles. The molecule has 9 heteroatoms. The molecule has 0 bridgehead atoms. The van der Waals surface area contributed by atoms with E-state index >= 15 is 0 Å². The first kappa shape index (κ1) is 19.2.